The predicted octanol–water partition coefficient (Wildman–Crippen LogP) is 2.41. The molecule has 4 heterocycles. The molecule has 3 aromatic rings. The predicted molar refractivity (Wildman–Crippen MR) is 117 cm³/mol. The third-order valence-electron chi connectivity index (χ3n) is 4.97. The molecule has 0 aromatic carbocycles. The van der Waals surface area contributed by atoms with Crippen molar-refractivity contribution in [1.29, 1.82) is 0 Å². The van der Waals surface area contributed by atoms with Crippen molar-refractivity contribution in [3.05, 3.63) is 58.2 Å². The Balaban J connectivity index is 1.35. The molecule has 9 heteroatoms. The first kappa shape index (κ1) is 20.6. The monoisotopic (exact) mass is 428 g/mol. The third-order valence-corrected chi connectivity index (χ3v) is 5.90. The Morgan fingerprint density at radius 2 is 2.33 bits per heavy atom. The molecule has 160 valence electrons. The van der Waals surface area contributed by atoms with Crippen LogP contribution < -0.4 is 10.6 Å². The van der Waals surface area contributed by atoms with Gasteiger partial charge in [0.1, 0.15) is 18.2 Å². The van der Waals surface area contributed by atoms with Gasteiger partial charge in [0.05, 0.1) is 12.8 Å². The standard InChI is InChI=1S/C21H28N6O2S/c1-28-15-19-25-20-7-6-16(14-27(20)26-19)24-21(22-10-8-17-4-2-12-29-17)23-11-9-18-5-3-13-30-18/h2-5,12-13,16H,6-11,14-15H2,1H3,(H2,22,23,24). The summed E-state index contributed by atoms with van der Waals surface area (Å²) in [6.45, 7) is 2.73. The molecule has 1 aliphatic heterocycles. The number of fused-ring (bicyclic) bond motifs is 1. The molecule has 2 N–H and O–H groups in total. The Morgan fingerprint density at radius 3 is 3.13 bits per heavy atom. The highest BCUT2D eigenvalue weighted by molar-refractivity contribution is 7.09. The number of hydrogen-bond acceptors (Lipinski definition) is 6. The number of furan rings is 1. The van der Waals surface area contributed by atoms with Crippen LogP contribution in [0.4, 0.5) is 0 Å². The fourth-order valence-corrected chi connectivity index (χ4v) is 4.20. The lowest BCUT2D eigenvalue weighted by Crippen LogP contribution is -2.47. The smallest absolute Gasteiger partial charge is 0.191 e. The summed E-state index contributed by atoms with van der Waals surface area (Å²) < 4.78 is 12.6. The van der Waals surface area contributed by atoms with Crippen molar-refractivity contribution in [2.45, 2.75) is 44.9 Å². The maximum Gasteiger partial charge on any atom is 0.191 e. The van der Waals surface area contributed by atoms with Crippen LogP contribution in [-0.4, -0.2) is 47.0 Å². The highest BCUT2D eigenvalue weighted by Crippen LogP contribution is 2.14. The third kappa shape index (κ3) is 5.70. The van der Waals surface area contributed by atoms with E-state index in [-0.39, 0.29) is 6.04 Å². The van der Waals surface area contributed by atoms with Crippen LogP contribution in [0.1, 0.15) is 28.7 Å². The van der Waals surface area contributed by atoms with E-state index in [0.717, 1.165) is 68.7 Å². The summed E-state index contributed by atoms with van der Waals surface area (Å²) in [4.78, 5) is 10.7. The Morgan fingerprint density at radius 1 is 1.37 bits per heavy atom. The molecule has 0 bridgehead atoms. The van der Waals surface area contributed by atoms with E-state index in [9.17, 15) is 0 Å². The van der Waals surface area contributed by atoms with Crippen LogP contribution in [0.3, 0.4) is 0 Å². The Hall–Kier alpha value is -2.65. The van der Waals surface area contributed by atoms with Crippen molar-refractivity contribution < 1.29 is 9.15 Å². The van der Waals surface area contributed by atoms with Crippen molar-refractivity contribution in [3.63, 3.8) is 0 Å². The van der Waals surface area contributed by atoms with Gasteiger partial charge in [-0.1, -0.05) is 6.07 Å². The van der Waals surface area contributed by atoms with E-state index in [1.165, 1.54) is 4.88 Å². The number of ether oxygens (including phenoxy) is 1. The lowest BCUT2D eigenvalue weighted by Gasteiger charge is -2.25. The molecular formula is C21H28N6O2S. The van der Waals surface area contributed by atoms with Crippen LogP contribution in [0, 0.1) is 0 Å². The summed E-state index contributed by atoms with van der Waals surface area (Å²) in [5, 5.41) is 13.7. The molecule has 0 radical (unpaired) electrons. The van der Waals surface area contributed by atoms with Crippen molar-refractivity contribution in [3.8, 4) is 0 Å². The van der Waals surface area contributed by atoms with Gasteiger partial charge in [0.2, 0.25) is 0 Å². The lowest BCUT2D eigenvalue weighted by atomic mass is 10.1. The first-order valence-electron chi connectivity index (χ1n) is 10.3. The van der Waals surface area contributed by atoms with Gasteiger partial charge < -0.3 is 19.8 Å². The minimum atomic E-state index is 0.256. The zero-order chi connectivity index (χ0) is 20.6. The van der Waals surface area contributed by atoms with Gasteiger partial charge in [-0.2, -0.15) is 5.10 Å². The van der Waals surface area contributed by atoms with Gasteiger partial charge in [0.15, 0.2) is 11.8 Å². The summed E-state index contributed by atoms with van der Waals surface area (Å²) in [6.07, 6.45) is 5.36. The number of aromatic nitrogens is 3. The molecule has 4 rings (SSSR count). The first-order valence-corrected chi connectivity index (χ1v) is 11.2. The average Bonchev–Trinajstić information content (AvgIpc) is 3.50. The first-order chi connectivity index (χ1) is 14.8. The molecular weight excluding hydrogens is 400 g/mol. The number of rotatable bonds is 9. The number of thiophene rings is 1. The number of hydrogen-bond donors (Lipinski definition) is 2. The maximum absolute atomic E-state index is 5.43. The van der Waals surface area contributed by atoms with Crippen molar-refractivity contribution in [1.82, 2.24) is 25.4 Å². The van der Waals surface area contributed by atoms with Crippen LogP contribution in [-0.2, 0) is 37.2 Å². The second-order valence-electron chi connectivity index (χ2n) is 7.26. The van der Waals surface area contributed by atoms with E-state index < -0.39 is 0 Å². The minimum absolute atomic E-state index is 0.256. The second-order valence-corrected chi connectivity index (χ2v) is 8.29. The van der Waals surface area contributed by atoms with E-state index in [2.05, 4.69) is 38.2 Å². The molecule has 0 aliphatic carbocycles. The van der Waals surface area contributed by atoms with Crippen molar-refractivity contribution in [2.75, 3.05) is 20.2 Å². The molecule has 0 saturated heterocycles. The minimum Gasteiger partial charge on any atom is -0.469 e. The van der Waals surface area contributed by atoms with Gasteiger partial charge in [0.25, 0.3) is 0 Å². The lowest BCUT2D eigenvalue weighted by molar-refractivity contribution is 0.177. The van der Waals surface area contributed by atoms with Crippen molar-refractivity contribution in [2.24, 2.45) is 4.99 Å². The number of aliphatic imine (C=N–C) groups is 1. The zero-order valence-electron chi connectivity index (χ0n) is 17.2. The quantitative estimate of drug-likeness (QED) is 0.402. The molecule has 0 amide bonds. The van der Waals surface area contributed by atoms with Gasteiger partial charge in [-0.3, -0.25) is 4.99 Å². The Kier molecular flexibility index (Phi) is 7.15. The number of nitrogens with zero attached hydrogens (tertiary/aromatic N) is 4. The topological polar surface area (TPSA) is 89.5 Å². The van der Waals surface area contributed by atoms with Crippen LogP contribution in [0.15, 0.2) is 45.3 Å². The summed E-state index contributed by atoms with van der Waals surface area (Å²) >= 11 is 1.77. The van der Waals surface area contributed by atoms with Crippen LogP contribution in [0.2, 0.25) is 0 Å². The summed E-state index contributed by atoms with van der Waals surface area (Å²) in [6, 6.07) is 8.40. The average molecular weight is 429 g/mol. The Bertz CT molecular complexity index is 920. The van der Waals surface area contributed by atoms with Gasteiger partial charge in [0, 0.05) is 50.4 Å². The van der Waals surface area contributed by atoms with Gasteiger partial charge in [-0.15, -0.1) is 11.3 Å². The number of methoxy groups -OCH3 is 1. The fourth-order valence-electron chi connectivity index (χ4n) is 3.51. The number of nitrogens with one attached hydrogen (secondary N) is 2. The highest BCUT2D eigenvalue weighted by Gasteiger charge is 2.22. The van der Waals surface area contributed by atoms with E-state index in [0.29, 0.717) is 6.61 Å². The molecule has 0 fully saturated rings. The molecule has 8 nitrogen and oxygen atoms in total. The second kappa shape index (κ2) is 10.4. The molecule has 3 aromatic heterocycles. The molecule has 1 unspecified atom stereocenters. The van der Waals surface area contributed by atoms with Gasteiger partial charge >= 0.3 is 0 Å². The SMILES string of the molecule is COCc1nc2n(n1)CC(NC(=NCCc1cccs1)NCCc1ccco1)CC2. The molecule has 1 atom stereocenters. The van der Waals surface area contributed by atoms with Gasteiger partial charge in [-0.05, 0) is 30.0 Å². The van der Waals surface area contributed by atoms with Crippen LogP contribution in [0.25, 0.3) is 0 Å². The summed E-state index contributed by atoms with van der Waals surface area (Å²) in [5.41, 5.74) is 0. The van der Waals surface area contributed by atoms with Gasteiger partial charge in [-0.25, -0.2) is 9.67 Å². The zero-order valence-corrected chi connectivity index (χ0v) is 18.0. The van der Waals surface area contributed by atoms with E-state index in [1.54, 1.807) is 24.7 Å². The number of guanidine groups is 1. The number of aryl methyl sites for hydroxylation is 1. The molecule has 0 spiro atoms. The molecule has 1 aliphatic rings. The molecule has 0 saturated carbocycles. The summed E-state index contributed by atoms with van der Waals surface area (Å²) in [5.74, 6) is 3.58. The van der Waals surface area contributed by atoms with E-state index >= 15 is 0 Å². The highest BCUT2D eigenvalue weighted by atomic mass is 32.1. The van der Waals surface area contributed by atoms with E-state index in [1.807, 2.05) is 16.8 Å². The van der Waals surface area contributed by atoms with E-state index in [4.69, 9.17) is 14.1 Å². The summed E-state index contributed by atoms with van der Waals surface area (Å²) in [7, 11) is 1.66. The van der Waals surface area contributed by atoms with Crippen LogP contribution in [0.5, 0.6) is 0 Å². The van der Waals surface area contributed by atoms with Crippen molar-refractivity contribution >= 4 is 17.3 Å². The molecule has 30 heavy (non-hydrogen) atoms. The fraction of sp³-hybridized carbons (Fsp3) is 0.476. The largest absolute Gasteiger partial charge is 0.469 e. The van der Waals surface area contributed by atoms with Crippen LogP contribution >= 0.6 is 11.3 Å². The normalized spacial score (nSPS) is 16.4. The Labute approximate surface area is 180 Å². The maximum atomic E-state index is 5.43.